The van der Waals surface area contributed by atoms with E-state index in [9.17, 15) is 14.4 Å². The van der Waals surface area contributed by atoms with Crippen LogP contribution in [0.4, 0.5) is 0 Å². The summed E-state index contributed by atoms with van der Waals surface area (Å²) in [5.74, 6) is -0.709. The summed E-state index contributed by atoms with van der Waals surface area (Å²) in [6.45, 7) is 4.18. The molecule has 0 bridgehead atoms. The molecule has 1 aliphatic heterocycles. The second-order valence-corrected chi connectivity index (χ2v) is 7.26. The van der Waals surface area contributed by atoms with Gasteiger partial charge in [0.05, 0.1) is 19.6 Å². The van der Waals surface area contributed by atoms with Crippen molar-refractivity contribution in [3.05, 3.63) is 11.6 Å². The van der Waals surface area contributed by atoms with E-state index >= 15 is 0 Å². The van der Waals surface area contributed by atoms with Crippen LogP contribution >= 0.6 is 0 Å². The van der Waals surface area contributed by atoms with Crippen LogP contribution in [0.5, 0.6) is 0 Å². The minimum absolute atomic E-state index is 0.0181. The number of esters is 1. The first-order valence-electron chi connectivity index (χ1n) is 10.2. The Balaban J connectivity index is 1.76. The quantitative estimate of drug-likeness (QED) is 0.341. The van der Waals surface area contributed by atoms with Crippen LogP contribution in [0.1, 0.15) is 58.3 Å². The van der Waals surface area contributed by atoms with Gasteiger partial charge in [-0.1, -0.05) is 25.0 Å². The maximum atomic E-state index is 12.3. The van der Waals surface area contributed by atoms with Crippen molar-refractivity contribution in [1.82, 2.24) is 15.5 Å². The van der Waals surface area contributed by atoms with E-state index in [1.165, 1.54) is 18.4 Å². The smallest absolute Gasteiger partial charge is 0.307 e. The van der Waals surface area contributed by atoms with Gasteiger partial charge in [-0.05, 0) is 38.5 Å². The Kier molecular flexibility index (Phi) is 9.31. The van der Waals surface area contributed by atoms with Crippen LogP contribution in [0.2, 0.25) is 0 Å². The van der Waals surface area contributed by atoms with Crippen molar-refractivity contribution in [2.24, 2.45) is 0 Å². The van der Waals surface area contributed by atoms with Gasteiger partial charge in [-0.2, -0.15) is 0 Å². The molecule has 2 N–H and O–H groups in total. The second-order valence-electron chi connectivity index (χ2n) is 7.26. The number of carbonyl (C=O) groups is 3. The van der Waals surface area contributed by atoms with Gasteiger partial charge in [-0.3, -0.25) is 19.3 Å². The molecule has 27 heavy (non-hydrogen) atoms. The zero-order chi connectivity index (χ0) is 19.5. The predicted octanol–water partition coefficient (Wildman–Crippen LogP) is 1.53. The lowest BCUT2D eigenvalue weighted by Crippen LogP contribution is -2.58. The molecule has 7 heteroatoms. The highest BCUT2D eigenvalue weighted by Crippen LogP contribution is 2.19. The van der Waals surface area contributed by atoms with Crippen molar-refractivity contribution in [2.45, 2.75) is 64.3 Å². The summed E-state index contributed by atoms with van der Waals surface area (Å²) in [5, 5.41) is 5.71. The third-order valence-electron chi connectivity index (χ3n) is 5.06. The SMILES string of the molecule is CCCCOC(=O)CC1C(=O)NCCN1CC(=O)NCCC1=CCCCC1. The number of nitrogens with zero attached hydrogens (tertiary/aromatic N) is 1. The first-order chi connectivity index (χ1) is 13.1. The zero-order valence-corrected chi connectivity index (χ0v) is 16.4. The summed E-state index contributed by atoms with van der Waals surface area (Å²) in [6.07, 6.45) is 9.67. The molecule has 0 spiro atoms. The molecular weight excluding hydrogens is 346 g/mol. The molecule has 2 aliphatic rings. The van der Waals surface area contributed by atoms with Crippen LogP contribution < -0.4 is 10.6 Å². The van der Waals surface area contributed by atoms with Crippen LogP contribution in [0, 0.1) is 0 Å². The number of carbonyl (C=O) groups excluding carboxylic acids is 3. The monoisotopic (exact) mass is 379 g/mol. The average molecular weight is 380 g/mol. The Morgan fingerprint density at radius 3 is 2.96 bits per heavy atom. The molecule has 1 atom stereocenters. The Morgan fingerprint density at radius 2 is 2.22 bits per heavy atom. The molecule has 1 saturated heterocycles. The molecule has 2 rings (SSSR count). The fraction of sp³-hybridized carbons (Fsp3) is 0.750. The molecule has 7 nitrogen and oxygen atoms in total. The molecule has 0 aromatic rings. The van der Waals surface area contributed by atoms with Gasteiger partial charge in [0.1, 0.15) is 6.04 Å². The fourth-order valence-electron chi connectivity index (χ4n) is 3.45. The Labute approximate surface area is 161 Å². The molecule has 0 aromatic heterocycles. The predicted molar refractivity (Wildman–Crippen MR) is 103 cm³/mol. The van der Waals surface area contributed by atoms with Crippen molar-refractivity contribution in [1.29, 1.82) is 0 Å². The summed E-state index contributed by atoms with van der Waals surface area (Å²) in [5.41, 5.74) is 1.42. The van der Waals surface area contributed by atoms with Crippen molar-refractivity contribution < 1.29 is 19.1 Å². The fourth-order valence-corrected chi connectivity index (χ4v) is 3.45. The van der Waals surface area contributed by atoms with E-state index in [0.29, 0.717) is 26.2 Å². The van der Waals surface area contributed by atoms with Crippen LogP contribution in [-0.4, -0.2) is 61.5 Å². The average Bonchev–Trinajstić information content (AvgIpc) is 2.66. The number of hydrogen-bond acceptors (Lipinski definition) is 5. The standard InChI is InChI=1S/C20H33N3O4/c1-2-3-13-27-19(25)14-17-20(26)22-11-12-23(17)15-18(24)21-10-9-16-7-5-4-6-8-16/h7,17H,2-6,8-15H2,1H3,(H,21,24)(H,22,26). The molecule has 1 heterocycles. The largest absolute Gasteiger partial charge is 0.466 e. The molecule has 1 fully saturated rings. The van der Waals surface area contributed by atoms with E-state index in [0.717, 1.165) is 32.1 Å². The summed E-state index contributed by atoms with van der Waals surface area (Å²) < 4.78 is 5.17. The minimum Gasteiger partial charge on any atom is -0.466 e. The van der Waals surface area contributed by atoms with Gasteiger partial charge >= 0.3 is 5.97 Å². The number of ether oxygens (including phenoxy) is 1. The van der Waals surface area contributed by atoms with Crippen LogP contribution in [0.25, 0.3) is 0 Å². The Morgan fingerprint density at radius 1 is 1.37 bits per heavy atom. The van der Waals surface area contributed by atoms with Crippen molar-refractivity contribution >= 4 is 17.8 Å². The Hall–Kier alpha value is -1.89. The molecular formula is C20H33N3O4. The number of rotatable bonds is 10. The van der Waals surface area contributed by atoms with Crippen LogP contribution in [-0.2, 0) is 19.1 Å². The molecule has 0 aromatic carbocycles. The van der Waals surface area contributed by atoms with Crippen LogP contribution in [0.3, 0.4) is 0 Å². The van der Waals surface area contributed by atoms with Gasteiger partial charge in [-0.25, -0.2) is 0 Å². The van der Waals surface area contributed by atoms with E-state index in [2.05, 4.69) is 16.7 Å². The number of hydrogen-bond donors (Lipinski definition) is 2. The van der Waals surface area contributed by atoms with E-state index in [-0.39, 0.29) is 30.7 Å². The molecule has 0 radical (unpaired) electrons. The number of amides is 2. The molecule has 0 saturated carbocycles. The molecule has 152 valence electrons. The summed E-state index contributed by atoms with van der Waals surface area (Å²) in [6, 6.07) is -0.639. The highest BCUT2D eigenvalue weighted by molar-refractivity contribution is 5.88. The lowest BCUT2D eigenvalue weighted by Gasteiger charge is -2.33. The van der Waals surface area contributed by atoms with E-state index < -0.39 is 6.04 Å². The first-order valence-corrected chi connectivity index (χ1v) is 10.2. The molecule has 2 amide bonds. The molecule has 1 aliphatic carbocycles. The van der Waals surface area contributed by atoms with E-state index in [4.69, 9.17) is 4.74 Å². The maximum absolute atomic E-state index is 12.3. The maximum Gasteiger partial charge on any atom is 0.307 e. The minimum atomic E-state index is -0.639. The topological polar surface area (TPSA) is 87.7 Å². The number of piperazine rings is 1. The third kappa shape index (κ3) is 7.71. The highest BCUT2D eigenvalue weighted by atomic mass is 16.5. The van der Waals surface area contributed by atoms with Gasteiger partial charge in [0, 0.05) is 19.6 Å². The van der Waals surface area contributed by atoms with Gasteiger partial charge < -0.3 is 15.4 Å². The Bertz CT molecular complexity index is 547. The van der Waals surface area contributed by atoms with Crippen molar-refractivity contribution in [3.63, 3.8) is 0 Å². The van der Waals surface area contributed by atoms with Gasteiger partial charge in [0.15, 0.2) is 0 Å². The van der Waals surface area contributed by atoms with E-state index in [1.54, 1.807) is 4.90 Å². The van der Waals surface area contributed by atoms with Crippen molar-refractivity contribution in [3.8, 4) is 0 Å². The second kappa shape index (κ2) is 11.7. The summed E-state index contributed by atoms with van der Waals surface area (Å²) in [7, 11) is 0. The summed E-state index contributed by atoms with van der Waals surface area (Å²) in [4.78, 5) is 38.2. The third-order valence-corrected chi connectivity index (χ3v) is 5.06. The van der Waals surface area contributed by atoms with Crippen LogP contribution in [0.15, 0.2) is 11.6 Å². The van der Waals surface area contributed by atoms with Gasteiger partial charge in [0.25, 0.3) is 0 Å². The number of nitrogens with one attached hydrogen (secondary N) is 2. The van der Waals surface area contributed by atoms with E-state index in [1.807, 2.05) is 6.92 Å². The lowest BCUT2D eigenvalue weighted by atomic mass is 9.97. The first kappa shape index (κ1) is 21.4. The highest BCUT2D eigenvalue weighted by Gasteiger charge is 2.33. The normalized spacial score (nSPS) is 20.6. The zero-order valence-electron chi connectivity index (χ0n) is 16.4. The van der Waals surface area contributed by atoms with Crippen molar-refractivity contribution in [2.75, 3.05) is 32.8 Å². The van der Waals surface area contributed by atoms with Gasteiger partial charge in [-0.15, -0.1) is 0 Å². The molecule has 1 unspecified atom stereocenters. The number of unbranched alkanes of at least 4 members (excludes halogenated alkanes) is 1. The number of allylic oxidation sites excluding steroid dienone is 1. The van der Waals surface area contributed by atoms with Gasteiger partial charge in [0.2, 0.25) is 11.8 Å². The lowest BCUT2D eigenvalue weighted by molar-refractivity contribution is -0.149. The summed E-state index contributed by atoms with van der Waals surface area (Å²) >= 11 is 0.